The SMILES string of the molecule is O=S(=O)(Nc1cc(F)cc(Cl)c1)c1ccc(CO)cn1. The van der Waals surface area contributed by atoms with Gasteiger partial charge in [0.05, 0.1) is 12.3 Å². The van der Waals surface area contributed by atoms with Crippen LogP contribution in [0.25, 0.3) is 0 Å². The highest BCUT2D eigenvalue weighted by Crippen LogP contribution is 2.20. The molecule has 5 nitrogen and oxygen atoms in total. The van der Waals surface area contributed by atoms with Gasteiger partial charge in [-0.05, 0) is 29.8 Å². The molecule has 0 atom stereocenters. The van der Waals surface area contributed by atoms with Crippen molar-refractivity contribution in [2.75, 3.05) is 4.72 Å². The lowest BCUT2D eigenvalue weighted by molar-refractivity contribution is 0.281. The number of rotatable bonds is 4. The summed E-state index contributed by atoms with van der Waals surface area (Å²) in [6.45, 7) is -0.236. The molecule has 0 saturated heterocycles. The van der Waals surface area contributed by atoms with E-state index in [1.54, 1.807) is 0 Å². The van der Waals surface area contributed by atoms with E-state index in [1.165, 1.54) is 24.4 Å². The molecule has 0 amide bonds. The summed E-state index contributed by atoms with van der Waals surface area (Å²) in [6, 6.07) is 6.03. The standard InChI is InChI=1S/C12H10ClFN2O3S/c13-9-3-10(14)5-11(4-9)16-20(18,19)12-2-1-8(7-17)6-15-12/h1-6,16-17H,7H2. The molecular formula is C12H10ClFN2O3S. The van der Waals surface area contributed by atoms with E-state index in [0.717, 1.165) is 12.1 Å². The Morgan fingerprint density at radius 3 is 2.60 bits per heavy atom. The molecule has 8 heteroatoms. The van der Waals surface area contributed by atoms with Gasteiger partial charge in [0.1, 0.15) is 5.82 Å². The highest BCUT2D eigenvalue weighted by molar-refractivity contribution is 7.92. The fraction of sp³-hybridized carbons (Fsp3) is 0.0833. The molecule has 106 valence electrons. The van der Waals surface area contributed by atoms with E-state index >= 15 is 0 Å². The molecule has 2 N–H and O–H groups in total. The monoisotopic (exact) mass is 316 g/mol. The van der Waals surface area contributed by atoms with Crippen LogP contribution in [0.15, 0.2) is 41.6 Å². The summed E-state index contributed by atoms with van der Waals surface area (Å²) < 4.78 is 39.4. The van der Waals surface area contributed by atoms with E-state index in [4.69, 9.17) is 16.7 Å². The van der Waals surface area contributed by atoms with Crippen molar-refractivity contribution in [1.29, 1.82) is 0 Å². The summed E-state index contributed by atoms with van der Waals surface area (Å²) in [7, 11) is -3.94. The lowest BCUT2D eigenvalue weighted by Crippen LogP contribution is -2.14. The molecule has 1 aromatic heterocycles. The van der Waals surface area contributed by atoms with Crippen LogP contribution in [0.2, 0.25) is 5.02 Å². The summed E-state index contributed by atoms with van der Waals surface area (Å²) in [5.74, 6) is -0.654. The molecule has 0 bridgehead atoms. The summed E-state index contributed by atoms with van der Waals surface area (Å²) in [4.78, 5) is 3.73. The van der Waals surface area contributed by atoms with Crippen LogP contribution in [0.5, 0.6) is 0 Å². The first-order chi connectivity index (χ1) is 9.40. The minimum Gasteiger partial charge on any atom is -0.392 e. The molecule has 0 aliphatic carbocycles. The third-order valence-electron chi connectivity index (χ3n) is 2.37. The number of nitrogens with zero attached hydrogens (tertiary/aromatic N) is 1. The Bertz CT molecular complexity index is 700. The van der Waals surface area contributed by atoms with Crippen LogP contribution in [0.4, 0.5) is 10.1 Å². The van der Waals surface area contributed by atoms with Crippen LogP contribution < -0.4 is 4.72 Å². The number of hydrogen-bond acceptors (Lipinski definition) is 4. The molecule has 0 fully saturated rings. The number of nitrogens with one attached hydrogen (secondary N) is 1. The molecule has 0 saturated carbocycles. The van der Waals surface area contributed by atoms with Gasteiger partial charge in [-0.2, -0.15) is 8.42 Å². The average molecular weight is 317 g/mol. The second-order valence-corrected chi connectivity index (χ2v) is 5.99. The lowest BCUT2D eigenvalue weighted by atomic mass is 10.3. The van der Waals surface area contributed by atoms with Gasteiger partial charge in [0.15, 0.2) is 5.03 Å². The molecule has 2 rings (SSSR count). The van der Waals surface area contributed by atoms with E-state index in [-0.39, 0.29) is 22.3 Å². The van der Waals surface area contributed by atoms with Crippen molar-refractivity contribution >= 4 is 27.3 Å². The number of halogens is 2. The number of benzene rings is 1. The maximum atomic E-state index is 13.1. The molecule has 0 aliphatic rings. The summed E-state index contributed by atoms with van der Waals surface area (Å²) in [6.07, 6.45) is 1.24. The molecule has 1 heterocycles. The van der Waals surface area contributed by atoms with Crippen molar-refractivity contribution in [1.82, 2.24) is 4.98 Å². The molecule has 2 aromatic rings. The maximum Gasteiger partial charge on any atom is 0.279 e. The van der Waals surface area contributed by atoms with Crippen molar-refractivity contribution in [2.24, 2.45) is 0 Å². The second kappa shape index (κ2) is 5.74. The van der Waals surface area contributed by atoms with Crippen molar-refractivity contribution in [3.05, 3.63) is 52.9 Å². The average Bonchev–Trinajstić information content (AvgIpc) is 2.37. The Morgan fingerprint density at radius 2 is 2.05 bits per heavy atom. The second-order valence-electron chi connectivity index (χ2n) is 3.93. The topological polar surface area (TPSA) is 79.3 Å². The molecule has 0 spiro atoms. The summed E-state index contributed by atoms with van der Waals surface area (Å²) >= 11 is 5.65. The molecule has 1 aromatic carbocycles. The maximum absolute atomic E-state index is 13.1. The number of pyridine rings is 1. The Morgan fingerprint density at radius 1 is 1.30 bits per heavy atom. The first-order valence-corrected chi connectivity index (χ1v) is 7.31. The molecular weight excluding hydrogens is 307 g/mol. The van der Waals surface area contributed by atoms with Gasteiger partial charge in [0.2, 0.25) is 0 Å². The van der Waals surface area contributed by atoms with Crippen LogP contribution in [0.3, 0.4) is 0 Å². The third-order valence-corrected chi connectivity index (χ3v) is 3.89. The van der Waals surface area contributed by atoms with E-state index in [1.807, 2.05) is 0 Å². The number of anilines is 1. The zero-order chi connectivity index (χ0) is 14.8. The lowest BCUT2D eigenvalue weighted by Gasteiger charge is -2.08. The summed E-state index contributed by atoms with van der Waals surface area (Å²) in [5.41, 5.74) is 0.487. The van der Waals surface area contributed by atoms with E-state index in [2.05, 4.69) is 9.71 Å². The van der Waals surface area contributed by atoms with Gasteiger partial charge in [-0.3, -0.25) is 4.72 Å². The number of aliphatic hydroxyl groups excluding tert-OH is 1. The van der Waals surface area contributed by atoms with Crippen LogP contribution in [-0.4, -0.2) is 18.5 Å². The predicted octanol–water partition coefficient (Wildman–Crippen LogP) is 2.17. The molecule has 0 radical (unpaired) electrons. The van der Waals surface area contributed by atoms with E-state index < -0.39 is 15.8 Å². The fourth-order valence-corrected chi connectivity index (χ4v) is 2.68. The zero-order valence-corrected chi connectivity index (χ0v) is 11.6. The van der Waals surface area contributed by atoms with Gasteiger partial charge in [-0.15, -0.1) is 0 Å². The highest BCUT2D eigenvalue weighted by atomic mass is 35.5. The first kappa shape index (κ1) is 14.7. The first-order valence-electron chi connectivity index (χ1n) is 5.45. The Kier molecular flexibility index (Phi) is 4.22. The van der Waals surface area contributed by atoms with E-state index in [9.17, 15) is 12.8 Å². The van der Waals surface area contributed by atoms with Gasteiger partial charge in [0.25, 0.3) is 10.0 Å². The van der Waals surface area contributed by atoms with Crippen LogP contribution >= 0.6 is 11.6 Å². The van der Waals surface area contributed by atoms with Crippen LogP contribution in [0.1, 0.15) is 5.56 Å². The van der Waals surface area contributed by atoms with Gasteiger partial charge >= 0.3 is 0 Å². The number of aliphatic hydroxyl groups is 1. The quantitative estimate of drug-likeness (QED) is 0.906. The predicted molar refractivity (Wildman–Crippen MR) is 72.4 cm³/mol. The van der Waals surface area contributed by atoms with Crippen molar-refractivity contribution in [3.63, 3.8) is 0 Å². The Labute approximate surface area is 120 Å². The zero-order valence-electron chi connectivity index (χ0n) is 10.0. The minimum atomic E-state index is -3.94. The molecule has 20 heavy (non-hydrogen) atoms. The molecule has 0 unspecified atom stereocenters. The smallest absolute Gasteiger partial charge is 0.279 e. The number of hydrogen-bond donors (Lipinski definition) is 2. The highest BCUT2D eigenvalue weighted by Gasteiger charge is 2.16. The third kappa shape index (κ3) is 3.44. The largest absolute Gasteiger partial charge is 0.392 e. The normalized spacial score (nSPS) is 11.3. The Hall–Kier alpha value is -1.70. The minimum absolute atomic E-state index is 0.00281. The van der Waals surface area contributed by atoms with Gasteiger partial charge < -0.3 is 5.11 Å². The van der Waals surface area contributed by atoms with Gasteiger partial charge in [-0.1, -0.05) is 17.7 Å². The van der Waals surface area contributed by atoms with Crippen LogP contribution in [-0.2, 0) is 16.6 Å². The summed E-state index contributed by atoms with van der Waals surface area (Å²) in [5, 5.41) is 8.70. The Balaban J connectivity index is 2.30. The van der Waals surface area contributed by atoms with Crippen LogP contribution in [0, 0.1) is 5.82 Å². The van der Waals surface area contributed by atoms with Gasteiger partial charge in [0, 0.05) is 11.2 Å². The van der Waals surface area contributed by atoms with E-state index in [0.29, 0.717) is 5.56 Å². The van der Waals surface area contributed by atoms with Gasteiger partial charge in [-0.25, -0.2) is 9.37 Å². The van der Waals surface area contributed by atoms with Crippen molar-refractivity contribution in [3.8, 4) is 0 Å². The molecule has 0 aliphatic heterocycles. The number of aromatic nitrogens is 1. The van der Waals surface area contributed by atoms with Crippen molar-refractivity contribution < 1.29 is 17.9 Å². The van der Waals surface area contributed by atoms with Crippen molar-refractivity contribution in [2.45, 2.75) is 11.6 Å². The fourth-order valence-electron chi connectivity index (χ4n) is 1.48. The number of sulfonamides is 1.